The van der Waals surface area contributed by atoms with Crippen LogP contribution in [0.25, 0.3) is 0 Å². The Kier molecular flexibility index (Phi) is 22.8. The van der Waals surface area contributed by atoms with Crippen LogP contribution in [0.15, 0.2) is 66.8 Å². The van der Waals surface area contributed by atoms with Crippen molar-refractivity contribution in [2.45, 2.75) is 78.1 Å². The number of hydrogen-bond acceptors (Lipinski definition) is 9. The van der Waals surface area contributed by atoms with Crippen molar-refractivity contribution >= 4 is 24.0 Å². The van der Waals surface area contributed by atoms with E-state index in [0.717, 1.165) is 48.1 Å². The van der Waals surface area contributed by atoms with Crippen LogP contribution in [0.4, 0.5) is 0 Å². The van der Waals surface area contributed by atoms with E-state index < -0.39 is 5.09 Å². The highest BCUT2D eigenvalue weighted by molar-refractivity contribution is 6.30. The quantitative estimate of drug-likeness (QED) is 0.0293. The van der Waals surface area contributed by atoms with Crippen LogP contribution in [-0.2, 0) is 19.2 Å². The minimum Gasteiger partial charge on any atom is -0.493 e. The molecule has 0 bridgehead atoms. The van der Waals surface area contributed by atoms with E-state index in [2.05, 4.69) is 21.7 Å². The monoisotopic (exact) mass is 661 g/mol. The van der Waals surface area contributed by atoms with E-state index in [9.17, 15) is 19.7 Å². The zero-order valence-corrected chi connectivity index (χ0v) is 28.0. The number of aryl methyl sites for hydroxylation is 1. The van der Waals surface area contributed by atoms with Gasteiger partial charge in [0, 0.05) is 11.4 Å². The molecule has 2 aromatic rings. The Hall–Kier alpha value is -4.05. The minimum absolute atomic E-state index is 0.0508. The number of methoxy groups -OCH3 is 1. The molecule has 254 valence electrons. The fraction of sp³-hybridized carbons (Fsp3) is 0.486. The SMILES string of the molecule is C/C=C\CCCC(=O)Oc1ccc(C)cc1OC.Clc1cccc(OCC/C=C/C2CCCC2)c1.O=COCCCCO[N+](=O)[O-]. The summed E-state index contributed by atoms with van der Waals surface area (Å²) < 4.78 is 20.4. The number of ether oxygens (including phenoxy) is 4. The Morgan fingerprint density at radius 1 is 1.00 bits per heavy atom. The minimum atomic E-state index is -0.847. The smallest absolute Gasteiger partial charge is 0.311 e. The number of unbranched alkanes of at least 4 members (excludes halogenated alkanes) is 2. The highest BCUT2D eigenvalue weighted by Gasteiger charge is 2.11. The molecule has 0 atom stereocenters. The summed E-state index contributed by atoms with van der Waals surface area (Å²) in [6.45, 7) is 5.33. The number of carbonyl (C=O) groups is 2. The summed E-state index contributed by atoms with van der Waals surface area (Å²) in [5.41, 5.74) is 1.07. The molecule has 0 aromatic heterocycles. The number of nitrogens with zero attached hydrogens (tertiary/aromatic N) is 1. The van der Waals surface area contributed by atoms with Gasteiger partial charge in [0.1, 0.15) is 5.75 Å². The Bertz CT molecular complexity index is 1200. The lowest BCUT2D eigenvalue weighted by Crippen LogP contribution is -2.08. The Labute approximate surface area is 277 Å². The van der Waals surface area contributed by atoms with Gasteiger partial charge >= 0.3 is 5.97 Å². The molecule has 0 aliphatic heterocycles. The standard InChI is InChI=1S/C15H19ClO.C15H20O3.C5H9NO5/c16-14-9-5-10-15(12-14)17-11-4-3-8-13-6-1-2-7-13;1-4-5-6-7-8-15(16)18-13-10-9-12(2)11-14(13)17-3;7-5-10-3-1-2-4-11-6(8)9/h3,5,8-10,12-13H,1-2,4,6-7,11H2;4-5,9-11H,6-8H2,1-3H3;5H,1-4H2/b8-3+;5-4-;. The molecule has 0 radical (unpaired) electrons. The average molecular weight is 662 g/mol. The van der Waals surface area contributed by atoms with Gasteiger partial charge in [-0.25, -0.2) is 0 Å². The number of carbonyl (C=O) groups excluding carboxylic acids is 2. The number of hydrogen-bond donors (Lipinski definition) is 0. The summed E-state index contributed by atoms with van der Waals surface area (Å²) >= 11 is 5.88. The van der Waals surface area contributed by atoms with Crippen molar-refractivity contribution < 1.29 is 38.5 Å². The maximum absolute atomic E-state index is 11.6. The molecule has 0 saturated heterocycles. The van der Waals surface area contributed by atoms with E-state index >= 15 is 0 Å². The molecule has 3 rings (SSSR count). The fourth-order valence-electron chi connectivity index (χ4n) is 4.28. The Balaban J connectivity index is 0.000000356. The highest BCUT2D eigenvalue weighted by Crippen LogP contribution is 2.28. The lowest BCUT2D eigenvalue weighted by molar-refractivity contribution is -0.757. The summed E-state index contributed by atoms with van der Waals surface area (Å²) in [7, 11) is 1.57. The van der Waals surface area contributed by atoms with Crippen LogP contribution in [0.5, 0.6) is 17.2 Å². The third-order valence-corrected chi connectivity index (χ3v) is 6.84. The number of esters is 1. The van der Waals surface area contributed by atoms with Gasteiger partial charge < -0.3 is 23.8 Å². The van der Waals surface area contributed by atoms with E-state index in [1.54, 1.807) is 13.2 Å². The van der Waals surface area contributed by atoms with Crippen LogP contribution in [-0.4, -0.2) is 44.5 Å². The maximum Gasteiger partial charge on any atom is 0.311 e. The first-order valence-corrected chi connectivity index (χ1v) is 16.0. The number of benzene rings is 2. The van der Waals surface area contributed by atoms with E-state index in [4.69, 9.17) is 25.8 Å². The van der Waals surface area contributed by atoms with Gasteiger partial charge in [-0.05, 0) is 101 Å². The van der Waals surface area contributed by atoms with Gasteiger partial charge in [0.05, 0.1) is 26.9 Å². The summed E-state index contributed by atoms with van der Waals surface area (Å²) in [4.78, 5) is 34.8. The molecular weight excluding hydrogens is 614 g/mol. The average Bonchev–Trinajstić information content (AvgIpc) is 3.56. The van der Waals surface area contributed by atoms with Crippen molar-refractivity contribution in [3.8, 4) is 17.2 Å². The third kappa shape index (κ3) is 20.8. The predicted octanol–water partition coefficient (Wildman–Crippen LogP) is 8.66. The van der Waals surface area contributed by atoms with Crippen molar-refractivity contribution in [3.05, 3.63) is 87.5 Å². The number of rotatable bonds is 18. The molecule has 1 fully saturated rings. The van der Waals surface area contributed by atoms with Crippen molar-refractivity contribution in [3.63, 3.8) is 0 Å². The zero-order chi connectivity index (χ0) is 33.8. The summed E-state index contributed by atoms with van der Waals surface area (Å²) in [5.74, 6) is 2.53. The predicted molar refractivity (Wildman–Crippen MR) is 179 cm³/mol. The van der Waals surface area contributed by atoms with E-state index in [-0.39, 0.29) is 19.2 Å². The third-order valence-electron chi connectivity index (χ3n) is 6.61. The molecule has 0 N–H and O–H groups in total. The van der Waals surface area contributed by atoms with Crippen LogP contribution < -0.4 is 14.2 Å². The molecule has 46 heavy (non-hydrogen) atoms. The molecule has 0 heterocycles. The topological polar surface area (TPSA) is 123 Å². The number of halogens is 1. The van der Waals surface area contributed by atoms with Crippen molar-refractivity contribution in [2.75, 3.05) is 26.9 Å². The van der Waals surface area contributed by atoms with Crippen molar-refractivity contribution in [2.24, 2.45) is 5.92 Å². The van der Waals surface area contributed by atoms with Crippen molar-refractivity contribution in [1.82, 2.24) is 0 Å². The first kappa shape index (κ1) is 40.0. The molecule has 1 saturated carbocycles. The lowest BCUT2D eigenvalue weighted by atomic mass is 10.1. The molecule has 1 aliphatic rings. The molecule has 10 nitrogen and oxygen atoms in total. The molecular formula is C35H48ClNO9. The van der Waals surface area contributed by atoms with E-state index in [1.165, 1.54) is 25.7 Å². The normalized spacial score (nSPS) is 12.4. The first-order valence-electron chi connectivity index (χ1n) is 15.6. The van der Waals surface area contributed by atoms with E-state index in [0.29, 0.717) is 37.2 Å². The largest absolute Gasteiger partial charge is 0.493 e. The molecule has 2 aromatic carbocycles. The van der Waals surface area contributed by atoms with Gasteiger partial charge in [-0.3, -0.25) is 9.59 Å². The summed E-state index contributed by atoms with van der Waals surface area (Å²) in [5, 5.41) is 9.46. The first-order chi connectivity index (χ1) is 22.3. The van der Waals surface area contributed by atoms with Gasteiger partial charge in [-0.1, -0.05) is 60.9 Å². The van der Waals surface area contributed by atoms with Crippen LogP contribution in [0, 0.1) is 23.0 Å². The summed E-state index contributed by atoms with van der Waals surface area (Å²) in [6.07, 6.45) is 18.3. The van der Waals surface area contributed by atoms with Gasteiger partial charge in [0.15, 0.2) is 11.5 Å². The van der Waals surface area contributed by atoms with Crippen LogP contribution in [0.3, 0.4) is 0 Å². The summed E-state index contributed by atoms with van der Waals surface area (Å²) in [6, 6.07) is 13.1. The van der Waals surface area contributed by atoms with Gasteiger partial charge in [-0.2, -0.15) is 0 Å². The van der Waals surface area contributed by atoms with Crippen LogP contribution in [0.2, 0.25) is 5.02 Å². The van der Waals surface area contributed by atoms with Crippen molar-refractivity contribution in [1.29, 1.82) is 0 Å². The van der Waals surface area contributed by atoms with Crippen LogP contribution >= 0.6 is 11.6 Å². The van der Waals surface area contributed by atoms with Gasteiger partial charge in [0.2, 0.25) is 0 Å². The second-order valence-electron chi connectivity index (χ2n) is 10.4. The Morgan fingerprint density at radius 3 is 2.43 bits per heavy atom. The number of allylic oxidation sites excluding steroid dienone is 3. The zero-order valence-electron chi connectivity index (χ0n) is 27.2. The van der Waals surface area contributed by atoms with Crippen LogP contribution in [0.1, 0.15) is 76.7 Å². The fourth-order valence-corrected chi connectivity index (χ4v) is 4.46. The lowest BCUT2D eigenvalue weighted by Gasteiger charge is -2.09. The van der Waals surface area contributed by atoms with Gasteiger partial charge in [-0.15, -0.1) is 10.1 Å². The molecule has 11 heteroatoms. The van der Waals surface area contributed by atoms with Gasteiger partial charge in [0.25, 0.3) is 11.6 Å². The second-order valence-corrected chi connectivity index (χ2v) is 10.8. The highest BCUT2D eigenvalue weighted by atomic mass is 35.5. The molecule has 0 amide bonds. The van der Waals surface area contributed by atoms with E-state index in [1.807, 2.05) is 62.4 Å². The second kappa shape index (κ2) is 26.2. The maximum atomic E-state index is 11.6. The molecule has 0 spiro atoms. The Morgan fingerprint density at radius 2 is 1.76 bits per heavy atom. The molecule has 1 aliphatic carbocycles. The molecule has 0 unspecified atom stereocenters.